The zero-order valence-corrected chi connectivity index (χ0v) is 13.5. The first-order chi connectivity index (χ1) is 10.0. The predicted molar refractivity (Wildman–Crippen MR) is 83.2 cm³/mol. The first kappa shape index (κ1) is 16.4. The minimum atomic E-state index is -3.52. The molecule has 1 heterocycles. The lowest BCUT2D eigenvalue weighted by molar-refractivity contribution is 0.135. The van der Waals surface area contributed by atoms with Gasteiger partial charge < -0.3 is 10.2 Å². The minimum Gasteiger partial charge on any atom is -0.313 e. The molecule has 1 aliphatic heterocycles. The molecule has 1 fully saturated rings. The molecule has 21 heavy (non-hydrogen) atoms. The van der Waals surface area contributed by atoms with Gasteiger partial charge in [-0.3, -0.25) is 0 Å². The molecular formula is C14H24N4O2S. The van der Waals surface area contributed by atoms with Gasteiger partial charge in [-0.25, -0.2) is 13.4 Å². The molecule has 118 valence electrons. The Morgan fingerprint density at radius 1 is 1.14 bits per heavy atom. The second-order valence-electron chi connectivity index (χ2n) is 5.27. The van der Waals surface area contributed by atoms with Crippen molar-refractivity contribution in [2.24, 2.45) is 0 Å². The van der Waals surface area contributed by atoms with E-state index < -0.39 is 10.0 Å². The SMILES string of the molecule is CCNCc1ccccc1S(=O)(=O)NN1CCN(C)CC1. The Morgan fingerprint density at radius 2 is 1.81 bits per heavy atom. The summed E-state index contributed by atoms with van der Waals surface area (Å²) in [6.45, 7) is 6.48. The lowest BCUT2D eigenvalue weighted by Gasteiger charge is -2.32. The molecule has 6 nitrogen and oxygen atoms in total. The number of likely N-dealkylation sites (N-methyl/N-ethyl adjacent to an activating group) is 1. The summed E-state index contributed by atoms with van der Waals surface area (Å²) in [6, 6.07) is 7.13. The summed E-state index contributed by atoms with van der Waals surface area (Å²) in [5.41, 5.74) is 0.793. The Hall–Kier alpha value is -0.990. The smallest absolute Gasteiger partial charge is 0.253 e. The summed E-state index contributed by atoms with van der Waals surface area (Å²) in [7, 11) is -1.48. The molecule has 7 heteroatoms. The summed E-state index contributed by atoms with van der Waals surface area (Å²) in [5.74, 6) is 0. The molecule has 0 atom stereocenters. The van der Waals surface area contributed by atoms with Crippen molar-refractivity contribution in [2.75, 3.05) is 39.8 Å². The van der Waals surface area contributed by atoms with E-state index in [9.17, 15) is 8.42 Å². The van der Waals surface area contributed by atoms with Gasteiger partial charge in [0, 0.05) is 32.7 Å². The molecule has 1 aromatic rings. The highest BCUT2D eigenvalue weighted by Gasteiger charge is 2.23. The highest BCUT2D eigenvalue weighted by Crippen LogP contribution is 2.15. The van der Waals surface area contributed by atoms with E-state index in [-0.39, 0.29) is 0 Å². The van der Waals surface area contributed by atoms with E-state index in [1.807, 2.05) is 26.1 Å². The van der Waals surface area contributed by atoms with Gasteiger partial charge in [-0.2, -0.15) is 0 Å². The zero-order chi connectivity index (χ0) is 15.3. The first-order valence-electron chi connectivity index (χ1n) is 7.27. The Morgan fingerprint density at radius 3 is 2.48 bits per heavy atom. The number of nitrogens with one attached hydrogen (secondary N) is 2. The van der Waals surface area contributed by atoms with Gasteiger partial charge in [-0.15, -0.1) is 4.83 Å². The summed E-state index contributed by atoms with van der Waals surface area (Å²) in [5, 5.41) is 4.95. The Labute approximate surface area is 127 Å². The highest BCUT2D eigenvalue weighted by atomic mass is 32.2. The van der Waals surface area contributed by atoms with Crippen LogP contribution < -0.4 is 10.1 Å². The monoisotopic (exact) mass is 312 g/mol. The van der Waals surface area contributed by atoms with E-state index in [1.54, 1.807) is 17.1 Å². The van der Waals surface area contributed by atoms with Crippen molar-refractivity contribution < 1.29 is 8.42 Å². The number of hydrazine groups is 1. The number of nitrogens with zero attached hydrogens (tertiary/aromatic N) is 2. The average Bonchev–Trinajstić information content (AvgIpc) is 2.47. The van der Waals surface area contributed by atoms with E-state index in [0.717, 1.165) is 25.2 Å². The fraction of sp³-hybridized carbons (Fsp3) is 0.571. The molecule has 0 spiro atoms. The number of hydrogen-bond donors (Lipinski definition) is 2. The second-order valence-corrected chi connectivity index (χ2v) is 6.90. The molecule has 1 saturated heterocycles. The molecule has 0 saturated carbocycles. The van der Waals surface area contributed by atoms with Crippen molar-refractivity contribution in [2.45, 2.75) is 18.4 Å². The summed E-state index contributed by atoms with van der Waals surface area (Å²) in [6.07, 6.45) is 0. The predicted octanol–water partition coefficient (Wildman–Crippen LogP) is 0.237. The lowest BCUT2D eigenvalue weighted by Crippen LogP contribution is -2.52. The van der Waals surface area contributed by atoms with Crippen molar-refractivity contribution in [3.05, 3.63) is 29.8 Å². The van der Waals surface area contributed by atoms with Gasteiger partial charge in [0.05, 0.1) is 4.90 Å². The van der Waals surface area contributed by atoms with Gasteiger partial charge in [0.15, 0.2) is 0 Å². The van der Waals surface area contributed by atoms with Gasteiger partial charge in [-0.1, -0.05) is 25.1 Å². The summed E-state index contributed by atoms with van der Waals surface area (Å²) < 4.78 is 25.1. The molecule has 1 aromatic carbocycles. The summed E-state index contributed by atoms with van der Waals surface area (Å²) in [4.78, 5) is 5.24. The fourth-order valence-corrected chi connectivity index (χ4v) is 3.65. The van der Waals surface area contributed by atoms with Crippen LogP contribution >= 0.6 is 0 Å². The van der Waals surface area contributed by atoms with E-state index >= 15 is 0 Å². The quantitative estimate of drug-likeness (QED) is 0.788. The maximum atomic E-state index is 12.6. The van der Waals surface area contributed by atoms with E-state index in [1.165, 1.54) is 0 Å². The van der Waals surface area contributed by atoms with Gasteiger partial charge in [0.2, 0.25) is 0 Å². The normalized spacial score (nSPS) is 18.0. The van der Waals surface area contributed by atoms with Gasteiger partial charge in [-0.05, 0) is 25.2 Å². The Bertz CT molecular complexity index is 554. The molecule has 0 aliphatic carbocycles. The van der Waals surface area contributed by atoms with Gasteiger partial charge >= 0.3 is 0 Å². The van der Waals surface area contributed by atoms with Gasteiger partial charge in [0.25, 0.3) is 10.0 Å². The second kappa shape index (κ2) is 7.33. The largest absolute Gasteiger partial charge is 0.313 e. The van der Waals surface area contributed by atoms with Crippen LogP contribution in [0.2, 0.25) is 0 Å². The van der Waals surface area contributed by atoms with E-state index in [0.29, 0.717) is 24.5 Å². The van der Waals surface area contributed by atoms with Crippen LogP contribution in [0.1, 0.15) is 12.5 Å². The van der Waals surface area contributed by atoms with Crippen LogP contribution in [0, 0.1) is 0 Å². The van der Waals surface area contributed by atoms with Crippen molar-refractivity contribution in [1.82, 2.24) is 20.1 Å². The van der Waals surface area contributed by atoms with Crippen LogP contribution in [0.15, 0.2) is 29.2 Å². The Balaban J connectivity index is 2.12. The maximum absolute atomic E-state index is 12.6. The standard InChI is InChI=1S/C14H24N4O2S/c1-3-15-12-13-6-4-5-7-14(13)21(19,20)16-18-10-8-17(2)9-11-18/h4-7,15-16H,3,8-12H2,1-2H3. The van der Waals surface area contributed by atoms with Crippen LogP contribution in [-0.4, -0.2) is 58.1 Å². The minimum absolute atomic E-state index is 0.352. The van der Waals surface area contributed by atoms with E-state index in [4.69, 9.17) is 0 Å². The third-order valence-electron chi connectivity index (χ3n) is 3.58. The molecule has 0 amide bonds. The number of piperazine rings is 1. The van der Waals surface area contributed by atoms with Crippen LogP contribution in [0.5, 0.6) is 0 Å². The van der Waals surface area contributed by atoms with Gasteiger partial charge in [0.1, 0.15) is 0 Å². The maximum Gasteiger partial charge on any atom is 0.253 e. The number of benzene rings is 1. The molecule has 2 N–H and O–H groups in total. The third kappa shape index (κ3) is 4.49. The van der Waals surface area contributed by atoms with Crippen LogP contribution in [-0.2, 0) is 16.6 Å². The number of sulfonamides is 1. The van der Waals surface area contributed by atoms with Crippen molar-refractivity contribution in [3.63, 3.8) is 0 Å². The van der Waals surface area contributed by atoms with Crippen molar-refractivity contribution in [1.29, 1.82) is 0 Å². The first-order valence-corrected chi connectivity index (χ1v) is 8.76. The molecule has 0 bridgehead atoms. The van der Waals surface area contributed by atoms with E-state index in [2.05, 4.69) is 15.0 Å². The average molecular weight is 312 g/mol. The van der Waals surface area contributed by atoms with Crippen LogP contribution in [0.25, 0.3) is 0 Å². The van der Waals surface area contributed by atoms with Crippen LogP contribution in [0.4, 0.5) is 0 Å². The lowest BCUT2D eigenvalue weighted by atomic mass is 10.2. The summed E-state index contributed by atoms with van der Waals surface area (Å²) >= 11 is 0. The van der Waals surface area contributed by atoms with Crippen molar-refractivity contribution >= 4 is 10.0 Å². The molecule has 2 rings (SSSR count). The fourth-order valence-electron chi connectivity index (χ4n) is 2.29. The topological polar surface area (TPSA) is 64.7 Å². The van der Waals surface area contributed by atoms with Crippen molar-refractivity contribution in [3.8, 4) is 0 Å². The molecule has 0 unspecified atom stereocenters. The Kier molecular flexibility index (Phi) is 5.72. The number of rotatable bonds is 6. The zero-order valence-electron chi connectivity index (χ0n) is 12.7. The van der Waals surface area contributed by atoms with Crippen LogP contribution in [0.3, 0.4) is 0 Å². The molecule has 1 aliphatic rings. The number of hydrogen-bond acceptors (Lipinski definition) is 5. The highest BCUT2D eigenvalue weighted by molar-refractivity contribution is 7.89. The molecular weight excluding hydrogens is 288 g/mol. The molecule has 0 aromatic heterocycles. The molecule has 0 radical (unpaired) electrons. The third-order valence-corrected chi connectivity index (χ3v) is 5.06.